The topological polar surface area (TPSA) is 42.4 Å². The van der Waals surface area contributed by atoms with Crippen molar-refractivity contribution in [2.24, 2.45) is 0 Å². The van der Waals surface area contributed by atoms with E-state index in [2.05, 4.69) is 4.98 Å². The molecule has 0 bridgehead atoms. The number of aromatic nitrogens is 1. The zero-order chi connectivity index (χ0) is 17.2. The van der Waals surface area contributed by atoms with Gasteiger partial charge in [-0.3, -0.25) is 9.78 Å². The van der Waals surface area contributed by atoms with Crippen LogP contribution in [0.5, 0.6) is 5.75 Å². The number of rotatable bonds is 3. The van der Waals surface area contributed by atoms with Crippen LogP contribution >= 0.6 is 0 Å². The fraction of sp³-hybridized carbons (Fsp3) is 0.294. The average Bonchev–Trinajstić information content (AvgIpc) is 3.03. The molecule has 0 saturated carbocycles. The van der Waals surface area contributed by atoms with Gasteiger partial charge in [-0.2, -0.15) is 13.2 Å². The van der Waals surface area contributed by atoms with E-state index < -0.39 is 17.6 Å². The Morgan fingerprint density at radius 1 is 1.17 bits per heavy atom. The van der Waals surface area contributed by atoms with Crippen molar-refractivity contribution < 1.29 is 22.7 Å². The lowest BCUT2D eigenvalue weighted by atomic mass is 10.1. The van der Waals surface area contributed by atoms with Crippen LogP contribution in [-0.4, -0.2) is 35.0 Å². The number of benzene rings is 1. The molecule has 1 amide bonds. The van der Waals surface area contributed by atoms with E-state index in [1.807, 2.05) is 0 Å². The van der Waals surface area contributed by atoms with Crippen LogP contribution in [0.3, 0.4) is 0 Å². The Morgan fingerprint density at radius 3 is 2.58 bits per heavy atom. The molecule has 1 aromatic heterocycles. The lowest BCUT2D eigenvalue weighted by Gasteiger charge is -2.19. The Kier molecular flexibility index (Phi) is 4.42. The average molecular weight is 336 g/mol. The van der Waals surface area contributed by atoms with E-state index >= 15 is 0 Å². The maximum absolute atomic E-state index is 13.1. The highest BCUT2D eigenvalue weighted by Crippen LogP contribution is 2.33. The Hall–Kier alpha value is -2.57. The lowest BCUT2D eigenvalue weighted by Crippen LogP contribution is -2.32. The number of ether oxygens (including phenoxy) is 1. The highest BCUT2D eigenvalue weighted by atomic mass is 19.4. The van der Waals surface area contributed by atoms with Gasteiger partial charge in [0.05, 0.1) is 17.7 Å². The first-order chi connectivity index (χ1) is 11.4. The van der Waals surface area contributed by atoms with Crippen molar-refractivity contribution in [1.29, 1.82) is 0 Å². The van der Waals surface area contributed by atoms with Crippen LogP contribution in [0.25, 0.3) is 0 Å². The summed E-state index contributed by atoms with van der Waals surface area (Å²) in [6.07, 6.45) is -1.05. The first-order valence-electron chi connectivity index (χ1n) is 7.47. The summed E-state index contributed by atoms with van der Waals surface area (Å²) >= 11 is 0. The summed E-state index contributed by atoms with van der Waals surface area (Å²) in [5.41, 5.74) is -1.23. The summed E-state index contributed by atoms with van der Waals surface area (Å²) in [6.45, 7) is 0.619. The number of hydrogen-bond donors (Lipinski definition) is 0. The number of halogens is 3. The Morgan fingerprint density at radius 2 is 1.88 bits per heavy atom. The molecule has 0 aliphatic carbocycles. The van der Waals surface area contributed by atoms with Crippen LogP contribution in [0.4, 0.5) is 13.2 Å². The van der Waals surface area contributed by atoms with Crippen molar-refractivity contribution in [2.45, 2.75) is 18.7 Å². The third-order valence-electron chi connectivity index (χ3n) is 3.85. The fourth-order valence-corrected chi connectivity index (χ4v) is 2.71. The van der Waals surface area contributed by atoms with Crippen LogP contribution < -0.4 is 4.74 Å². The standard InChI is InChI=1S/C17H15F3N2O2/c18-17(19,20)15-4-2-1-3-14(15)16(23)22-10-7-13(11-22)24-12-5-8-21-9-6-12/h1-6,8-9,13H,7,10-11H2. The smallest absolute Gasteiger partial charge is 0.417 e. The monoisotopic (exact) mass is 336 g/mol. The highest BCUT2D eigenvalue weighted by molar-refractivity contribution is 5.96. The quantitative estimate of drug-likeness (QED) is 0.863. The van der Waals surface area contributed by atoms with Gasteiger partial charge in [0.15, 0.2) is 0 Å². The van der Waals surface area contributed by atoms with Crippen molar-refractivity contribution in [3.8, 4) is 5.75 Å². The van der Waals surface area contributed by atoms with E-state index in [1.165, 1.54) is 23.1 Å². The maximum Gasteiger partial charge on any atom is 0.417 e. The van der Waals surface area contributed by atoms with E-state index in [1.54, 1.807) is 24.5 Å². The predicted octanol–water partition coefficient (Wildman–Crippen LogP) is 3.39. The molecule has 3 rings (SSSR count). The number of amides is 1. The van der Waals surface area contributed by atoms with Crippen LogP contribution in [0, 0.1) is 0 Å². The normalized spacial score (nSPS) is 17.8. The zero-order valence-electron chi connectivity index (χ0n) is 12.7. The summed E-state index contributed by atoms with van der Waals surface area (Å²) in [6, 6.07) is 8.24. The molecular weight excluding hydrogens is 321 g/mol. The zero-order valence-corrected chi connectivity index (χ0v) is 12.7. The Labute approximate surface area is 136 Å². The van der Waals surface area contributed by atoms with E-state index in [9.17, 15) is 18.0 Å². The largest absolute Gasteiger partial charge is 0.488 e. The second-order valence-corrected chi connectivity index (χ2v) is 5.51. The molecule has 1 fully saturated rings. The van der Waals surface area contributed by atoms with Crippen molar-refractivity contribution >= 4 is 5.91 Å². The molecule has 0 radical (unpaired) electrons. The van der Waals surface area contributed by atoms with Gasteiger partial charge in [0, 0.05) is 25.4 Å². The van der Waals surface area contributed by atoms with Crippen molar-refractivity contribution in [1.82, 2.24) is 9.88 Å². The molecule has 4 nitrogen and oxygen atoms in total. The number of nitrogens with zero attached hydrogens (tertiary/aromatic N) is 2. The molecule has 126 valence electrons. The summed E-state index contributed by atoms with van der Waals surface area (Å²) in [5, 5.41) is 0. The van der Waals surface area contributed by atoms with Gasteiger partial charge >= 0.3 is 6.18 Å². The van der Waals surface area contributed by atoms with E-state index in [0.717, 1.165) is 6.07 Å². The van der Waals surface area contributed by atoms with Gasteiger partial charge in [0.25, 0.3) is 5.91 Å². The van der Waals surface area contributed by atoms with Crippen LogP contribution in [0.15, 0.2) is 48.8 Å². The number of carbonyl (C=O) groups is 1. The highest BCUT2D eigenvalue weighted by Gasteiger charge is 2.37. The van der Waals surface area contributed by atoms with E-state index in [-0.39, 0.29) is 18.2 Å². The minimum Gasteiger partial charge on any atom is -0.488 e. The molecule has 1 aliphatic rings. The maximum atomic E-state index is 13.1. The van der Waals surface area contributed by atoms with Crippen molar-refractivity contribution in [3.63, 3.8) is 0 Å². The van der Waals surface area contributed by atoms with Crippen molar-refractivity contribution in [2.75, 3.05) is 13.1 Å². The molecule has 1 aliphatic heterocycles. The second-order valence-electron chi connectivity index (χ2n) is 5.51. The van der Waals surface area contributed by atoms with Crippen molar-refractivity contribution in [3.05, 3.63) is 59.9 Å². The molecule has 1 unspecified atom stereocenters. The minimum absolute atomic E-state index is 0.241. The SMILES string of the molecule is O=C(c1ccccc1C(F)(F)F)N1CCC(Oc2ccncc2)C1. The second kappa shape index (κ2) is 6.51. The Balaban J connectivity index is 1.71. The summed E-state index contributed by atoms with van der Waals surface area (Å²) in [4.78, 5) is 17.8. The lowest BCUT2D eigenvalue weighted by molar-refractivity contribution is -0.138. The van der Waals surface area contributed by atoms with Gasteiger partial charge in [-0.05, 0) is 24.3 Å². The summed E-state index contributed by atoms with van der Waals surface area (Å²) in [7, 11) is 0. The number of alkyl halides is 3. The molecular formula is C17H15F3N2O2. The van der Waals surface area contributed by atoms with Gasteiger partial charge in [-0.1, -0.05) is 12.1 Å². The predicted molar refractivity (Wildman–Crippen MR) is 80.6 cm³/mol. The minimum atomic E-state index is -4.56. The van der Waals surface area contributed by atoms with Gasteiger partial charge < -0.3 is 9.64 Å². The van der Waals surface area contributed by atoms with Crippen LogP contribution in [0.1, 0.15) is 22.3 Å². The number of carbonyl (C=O) groups excluding carboxylic acids is 1. The van der Waals surface area contributed by atoms with Crippen LogP contribution in [-0.2, 0) is 6.18 Å². The molecule has 24 heavy (non-hydrogen) atoms. The number of hydrogen-bond acceptors (Lipinski definition) is 3. The van der Waals surface area contributed by atoms with E-state index in [4.69, 9.17) is 4.74 Å². The first-order valence-corrected chi connectivity index (χ1v) is 7.47. The van der Waals surface area contributed by atoms with Crippen LogP contribution in [0.2, 0.25) is 0 Å². The molecule has 2 heterocycles. The van der Waals surface area contributed by atoms with Gasteiger partial charge in [0.1, 0.15) is 11.9 Å². The Bertz CT molecular complexity index is 719. The molecule has 2 aromatic rings. The van der Waals surface area contributed by atoms with Gasteiger partial charge in [0.2, 0.25) is 0 Å². The third-order valence-corrected chi connectivity index (χ3v) is 3.85. The van der Waals surface area contributed by atoms with Gasteiger partial charge in [-0.25, -0.2) is 0 Å². The number of pyridine rings is 1. The van der Waals surface area contributed by atoms with E-state index in [0.29, 0.717) is 18.7 Å². The first kappa shape index (κ1) is 16.3. The number of likely N-dealkylation sites (tertiary alicyclic amines) is 1. The molecule has 1 saturated heterocycles. The fourth-order valence-electron chi connectivity index (χ4n) is 2.71. The molecule has 0 spiro atoms. The molecule has 1 atom stereocenters. The molecule has 0 N–H and O–H groups in total. The summed E-state index contributed by atoms with van der Waals surface area (Å²) in [5.74, 6) is 0.00347. The van der Waals surface area contributed by atoms with Gasteiger partial charge in [-0.15, -0.1) is 0 Å². The molecule has 1 aromatic carbocycles. The molecule has 7 heteroatoms. The summed E-state index contributed by atoms with van der Waals surface area (Å²) < 4.78 is 44.9. The third kappa shape index (κ3) is 3.50.